The molecule has 2 fully saturated rings. The van der Waals surface area contributed by atoms with Crippen LogP contribution in [0, 0.1) is 0 Å². The average Bonchev–Trinajstić information content (AvgIpc) is 3.09. The zero-order valence-electron chi connectivity index (χ0n) is 10.1. The topological polar surface area (TPSA) is 24.5 Å². The standard InChI is InChI=1S/C13H20N2OS/c1-2-13(17-7-1)9-14-8-12-10-15(5-6-16-12)11-3-4-11/h1-2,7,11-12,14H,3-6,8-10H2. The number of hydrogen-bond donors (Lipinski definition) is 1. The Hall–Kier alpha value is -0.420. The van der Waals surface area contributed by atoms with E-state index >= 15 is 0 Å². The lowest BCUT2D eigenvalue weighted by molar-refractivity contribution is -0.0301. The highest BCUT2D eigenvalue weighted by molar-refractivity contribution is 7.09. The fraction of sp³-hybridized carbons (Fsp3) is 0.692. The van der Waals surface area contributed by atoms with Gasteiger partial charge in [0.1, 0.15) is 0 Å². The molecule has 1 N–H and O–H groups in total. The summed E-state index contributed by atoms with van der Waals surface area (Å²) in [6.07, 6.45) is 3.18. The first-order chi connectivity index (χ1) is 8.42. The Bertz CT molecular complexity index is 337. The molecular formula is C13H20N2OS. The van der Waals surface area contributed by atoms with Gasteiger partial charge in [0.2, 0.25) is 0 Å². The Morgan fingerprint density at radius 1 is 1.47 bits per heavy atom. The van der Waals surface area contributed by atoms with Crippen LogP contribution in [-0.2, 0) is 11.3 Å². The van der Waals surface area contributed by atoms with Crippen molar-refractivity contribution in [1.29, 1.82) is 0 Å². The predicted molar refractivity (Wildman–Crippen MR) is 70.4 cm³/mol. The Morgan fingerprint density at radius 3 is 3.18 bits per heavy atom. The predicted octanol–water partition coefficient (Wildman–Crippen LogP) is 1.70. The van der Waals surface area contributed by atoms with Gasteiger partial charge in [0.15, 0.2) is 0 Å². The molecule has 0 radical (unpaired) electrons. The van der Waals surface area contributed by atoms with Gasteiger partial charge in [-0.3, -0.25) is 4.90 Å². The molecule has 1 saturated carbocycles. The summed E-state index contributed by atoms with van der Waals surface area (Å²) in [6, 6.07) is 5.16. The average molecular weight is 252 g/mol. The van der Waals surface area contributed by atoms with E-state index < -0.39 is 0 Å². The van der Waals surface area contributed by atoms with Crippen LogP contribution in [0.2, 0.25) is 0 Å². The van der Waals surface area contributed by atoms with Gasteiger partial charge in [0, 0.05) is 37.1 Å². The maximum absolute atomic E-state index is 5.80. The van der Waals surface area contributed by atoms with E-state index in [2.05, 4.69) is 27.7 Å². The van der Waals surface area contributed by atoms with Crippen molar-refractivity contribution in [1.82, 2.24) is 10.2 Å². The second kappa shape index (κ2) is 5.48. The Kier molecular flexibility index (Phi) is 3.76. The van der Waals surface area contributed by atoms with Crippen LogP contribution in [0.25, 0.3) is 0 Å². The third kappa shape index (κ3) is 3.28. The van der Waals surface area contributed by atoms with Crippen LogP contribution in [0.3, 0.4) is 0 Å². The highest BCUT2D eigenvalue weighted by Crippen LogP contribution is 2.28. The number of nitrogens with zero attached hydrogens (tertiary/aromatic N) is 1. The number of hydrogen-bond acceptors (Lipinski definition) is 4. The fourth-order valence-corrected chi connectivity index (χ4v) is 3.08. The Morgan fingerprint density at radius 2 is 2.41 bits per heavy atom. The fourth-order valence-electron chi connectivity index (χ4n) is 2.41. The highest BCUT2D eigenvalue weighted by Gasteiger charge is 2.32. The molecule has 1 atom stereocenters. The number of rotatable bonds is 5. The molecule has 3 rings (SSSR count). The van der Waals surface area contributed by atoms with Crippen molar-refractivity contribution in [3.05, 3.63) is 22.4 Å². The van der Waals surface area contributed by atoms with Crippen LogP contribution in [0.4, 0.5) is 0 Å². The molecule has 94 valence electrons. The molecule has 1 saturated heterocycles. The second-order valence-corrected chi connectivity index (χ2v) is 5.96. The molecule has 0 amide bonds. The summed E-state index contributed by atoms with van der Waals surface area (Å²) in [5.41, 5.74) is 0. The molecule has 3 nitrogen and oxygen atoms in total. The van der Waals surface area contributed by atoms with Gasteiger partial charge in [-0.25, -0.2) is 0 Å². The van der Waals surface area contributed by atoms with Crippen LogP contribution in [0.15, 0.2) is 17.5 Å². The normalized spacial score (nSPS) is 26.2. The summed E-state index contributed by atoms with van der Waals surface area (Å²) in [7, 11) is 0. The van der Waals surface area contributed by atoms with Crippen LogP contribution >= 0.6 is 11.3 Å². The van der Waals surface area contributed by atoms with E-state index in [9.17, 15) is 0 Å². The number of thiophene rings is 1. The zero-order chi connectivity index (χ0) is 11.5. The summed E-state index contributed by atoms with van der Waals surface area (Å²) < 4.78 is 5.80. The van der Waals surface area contributed by atoms with Gasteiger partial charge in [0.05, 0.1) is 12.7 Å². The molecule has 0 bridgehead atoms. The van der Waals surface area contributed by atoms with Crippen molar-refractivity contribution >= 4 is 11.3 Å². The Balaban J connectivity index is 1.39. The second-order valence-electron chi connectivity index (χ2n) is 4.93. The number of morpholine rings is 1. The molecule has 1 aliphatic heterocycles. The molecule has 1 aromatic heterocycles. The minimum Gasteiger partial charge on any atom is -0.374 e. The molecule has 2 aliphatic rings. The largest absolute Gasteiger partial charge is 0.374 e. The van der Waals surface area contributed by atoms with E-state index in [1.165, 1.54) is 17.7 Å². The summed E-state index contributed by atoms with van der Waals surface area (Å²) in [6.45, 7) is 5.10. The molecule has 2 heterocycles. The van der Waals surface area contributed by atoms with Crippen LogP contribution in [0.5, 0.6) is 0 Å². The van der Waals surface area contributed by atoms with E-state index in [-0.39, 0.29) is 0 Å². The van der Waals surface area contributed by atoms with Crippen molar-refractivity contribution in [2.75, 3.05) is 26.2 Å². The lowest BCUT2D eigenvalue weighted by Gasteiger charge is -2.33. The van der Waals surface area contributed by atoms with E-state index in [4.69, 9.17) is 4.74 Å². The maximum atomic E-state index is 5.80. The Labute approximate surface area is 107 Å². The third-order valence-electron chi connectivity index (χ3n) is 3.48. The van der Waals surface area contributed by atoms with E-state index in [0.717, 1.165) is 38.8 Å². The van der Waals surface area contributed by atoms with Crippen LogP contribution in [-0.4, -0.2) is 43.3 Å². The molecule has 1 unspecified atom stereocenters. The summed E-state index contributed by atoms with van der Waals surface area (Å²) >= 11 is 1.81. The lowest BCUT2D eigenvalue weighted by atomic mass is 10.2. The zero-order valence-corrected chi connectivity index (χ0v) is 10.9. The monoisotopic (exact) mass is 252 g/mol. The molecule has 1 aromatic rings. The molecular weight excluding hydrogens is 232 g/mol. The molecule has 4 heteroatoms. The van der Waals surface area contributed by atoms with Crippen molar-refractivity contribution in [3.8, 4) is 0 Å². The van der Waals surface area contributed by atoms with Gasteiger partial charge in [-0.2, -0.15) is 0 Å². The first-order valence-corrected chi connectivity index (χ1v) is 7.38. The summed E-state index contributed by atoms with van der Waals surface area (Å²) in [5.74, 6) is 0. The minimum absolute atomic E-state index is 0.379. The van der Waals surface area contributed by atoms with Gasteiger partial charge in [0.25, 0.3) is 0 Å². The SMILES string of the molecule is c1csc(CNCC2CN(C3CC3)CCO2)c1. The van der Waals surface area contributed by atoms with Gasteiger partial charge >= 0.3 is 0 Å². The lowest BCUT2D eigenvalue weighted by Crippen LogP contribution is -2.47. The van der Waals surface area contributed by atoms with Gasteiger partial charge in [-0.15, -0.1) is 11.3 Å². The maximum Gasteiger partial charge on any atom is 0.0826 e. The molecule has 0 aromatic carbocycles. The summed E-state index contributed by atoms with van der Waals surface area (Å²) in [5, 5.41) is 5.62. The van der Waals surface area contributed by atoms with Crippen molar-refractivity contribution in [2.24, 2.45) is 0 Å². The van der Waals surface area contributed by atoms with Gasteiger partial charge in [-0.05, 0) is 24.3 Å². The van der Waals surface area contributed by atoms with Gasteiger partial charge < -0.3 is 10.1 Å². The molecule has 0 spiro atoms. The first kappa shape index (κ1) is 11.7. The number of nitrogens with one attached hydrogen (secondary N) is 1. The van der Waals surface area contributed by atoms with Crippen LogP contribution < -0.4 is 5.32 Å². The van der Waals surface area contributed by atoms with E-state index in [0.29, 0.717) is 6.10 Å². The van der Waals surface area contributed by atoms with Crippen molar-refractivity contribution < 1.29 is 4.74 Å². The smallest absolute Gasteiger partial charge is 0.0826 e. The van der Waals surface area contributed by atoms with Crippen LogP contribution in [0.1, 0.15) is 17.7 Å². The van der Waals surface area contributed by atoms with Crippen molar-refractivity contribution in [2.45, 2.75) is 31.5 Å². The highest BCUT2D eigenvalue weighted by atomic mass is 32.1. The van der Waals surface area contributed by atoms with Crippen molar-refractivity contribution in [3.63, 3.8) is 0 Å². The molecule has 1 aliphatic carbocycles. The molecule has 17 heavy (non-hydrogen) atoms. The summed E-state index contributed by atoms with van der Waals surface area (Å²) in [4.78, 5) is 4.00. The third-order valence-corrected chi connectivity index (χ3v) is 4.36. The number of ether oxygens (including phenoxy) is 1. The van der Waals surface area contributed by atoms with E-state index in [1.54, 1.807) is 0 Å². The van der Waals surface area contributed by atoms with Gasteiger partial charge in [-0.1, -0.05) is 6.07 Å². The quantitative estimate of drug-likeness (QED) is 0.863. The van der Waals surface area contributed by atoms with E-state index in [1.807, 2.05) is 11.3 Å². The first-order valence-electron chi connectivity index (χ1n) is 6.50. The minimum atomic E-state index is 0.379.